The van der Waals surface area contributed by atoms with Gasteiger partial charge < -0.3 is 4.90 Å². The van der Waals surface area contributed by atoms with Crippen LogP contribution in [0.15, 0.2) is 54.6 Å². The van der Waals surface area contributed by atoms with Crippen molar-refractivity contribution < 1.29 is 9.59 Å². The second kappa shape index (κ2) is 5.70. The molecule has 3 nitrogen and oxygen atoms in total. The zero-order valence-corrected chi connectivity index (χ0v) is 12.1. The number of rotatable bonds is 3. The predicted octanol–water partition coefficient (Wildman–Crippen LogP) is 3.47. The molecule has 3 rings (SSSR count). The van der Waals surface area contributed by atoms with Gasteiger partial charge in [-0.3, -0.25) is 9.59 Å². The average Bonchev–Trinajstić information content (AvgIpc) is 2.91. The van der Waals surface area contributed by atoms with Crippen LogP contribution in [-0.4, -0.2) is 17.7 Å². The Balaban J connectivity index is 1.82. The first-order chi connectivity index (χ1) is 10.1. The number of halogens is 1. The van der Waals surface area contributed by atoms with Crippen LogP contribution in [0.1, 0.15) is 6.42 Å². The van der Waals surface area contributed by atoms with Gasteiger partial charge in [0.25, 0.3) is 0 Å². The zero-order valence-electron chi connectivity index (χ0n) is 11.3. The second-order valence-corrected chi connectivity index (χ2v) is 5.49. The number of hydrogen-bond donors (Lipinski definition) is 0. The molecular weight excluding hydrogens is 286 g/mol. The normalized spacial score (nSPS) is 18.0. The highest BCUT2D eigenvalue weighted by atomic mass is 35.5. The summed E-state index contributed by atoms with van der Waals surface area (Å²) in [5, 5.41) is -0.438. The summed E-state index contributed by atoms with van der Waals surface area (Å²) in [5.74, 6) is -0.450. The van der Waals surface area contributed by atoms with Crippen molar-refractivity contribution in [3.63, 3.8) is 0 Å². The molecule has 0 N–H and O–H groups in total. The highest BCUT2D eigenvalue weighted by Crippen LogP contribution is 2.28. The summed E-state index contributed by atoms with van der Waals surface area (Å²) in [4.78, 5) is 24.8. The summed E-state index contributed by atoms with van der Waals surface area (Å²) in [7, 11) is 0. The fourth-order valence-electron chi connectivity index (χ4n) is 2.57. The molecule has 4 heteroatoms. The van der Waals surface area contributed by atoms with Gasteiger partial charge in [-0.2, -0.15) is 0 Å². The number of amides is 1. The molecule has 1 amide bonds. The summed E-state index contributed by atoms with van der Waals surface area (Å²) in [5.41, 5.74) is 3.03. The van der Waals surface area contributed by atoms with E-state index in [4.69, 9.17) is 11.6 Å². The molecule has 1 aliphatic rings. The molecule has 1 aliphatic heterocycles. The molecule has 2 aromatic rings. The molecule has 0 aliphatic carbocycles. The van der Waals surface area contributed by atoms with Crippen molar-refractivity contribution in [2.24, 2.45) is 5.92 Å². The molecule has 0 spiro atoms. The van der Waals surface area contributed by atoms with E-state index in [0.29, 0.717) is 6.54 Å². The molecule has 0 radical (unpaired) electrons. The Morgan fingerprint density at radius 3 is 2.19 bits per heavy atom. The number of carbonyl (C=O) groups is 2. The van der Waals surface area contributed by atoms with Crippen molar-refractivity contribution in [2.45, 2.75) is 6.42 Å². The molecule has 1 fully saturated rings. The summed E-state index contributed by atoms with van der Waals surface area (Å²) >= 11 is 5.49. The van der Waals surface area contributed by atoms with E-state index in [1.54, 1.807) is 4.90 Å². The number of carbonyl (C=O) groups excluding carboxylic acids is 2. The lowest BCUT2D eigenvalue weighted by atomic mass is 10.1. The third-order valence-electron chi connectivity index (χ3n) is 3.73. The Kier molecular flexibility index (Phi) is 3.76. The van der Waals surface area contributed by atoms with Gasteiger partial charge in [0, 0.05) is 18.7 Å². The van der Waals surface area contributed by atoms with Crippen molar-refractivity contribution >= 4 is 28.4 Å². The minimum atomic E-state index is -0.438. The fraction of sp³-hybridized carbons (Fsp3) is 0.176. The Morgan fingerprint density at radius 1 is 1.00 bits per heavy atom. The highest BCUT2D eigenvalue weighted by molar-refractivity contribution is 6.64. The first-order valence-corrected chi connectivity index (χ1v) is 7.18. The van der Waals surface area contributed by atoms with Gasteiger partial charge in [0.1, 0.15) is 0 Å². The molecule has 106 valence electrons. The molecule has 0 saturated carbocycles. The first kappa shape index (κ1) is 13.8. The lowest BCUT2D eigenvalue weighted by Gasteiger charge is -2.16. The van der Waals surface area contributed by atoms with Crippen molar-refractivity contribution in [3.05, 3.63) is 54.6 Å². The van der Waals surface area contributed by atoms with E-state index in [-0.39, 0.29) is 12.3 Å². The molecule has 0 bridgehead atoms. The maximum atomic E-state index is 12.0. The van der Waals surface area contributed by atoms with E-state index < -0.39 is 11.2 Å². The van der Waals surface area contributed by atoms with Crippen LogP contribution in [0.2, 0.25) is 0 Å². The molecular formula is C17H14ClNO2. The van der Waals surface area contributed by atoms with Crippen LogP contribution in [0.5, 0.6) is 0 Å². The predicted molar refractivity (Wildman–Crippen MR) is 83.2 cm³/mol. The van der Waals surface area contributed by atoms with Crippen molar-refractivity contribution in [1.82, 2.24) is 0 Å². The highest BCUT2D eigenvalue weighted by Gasteiger charge is 2.34. The zero-order chi connectivity index (χ0) is 14.8. The maximum Gasteiger partial charge on any atom is 0.227 e. The van der Waals surface area contributed by atoms with Gasteiger partial charge in [0.2, 0.25) is 11.1 Å². The van der Waals surface area contributed by atoms with Crippen molar-refractivity contribution in [1.29, 1.82) is 0 Å². The molecule has 1 heterocycles. The monoisotopic (exact) mass is 299 g/mol. The topological polar surface area (TPSA) is 37.4 Å². The quantitative estimate of drug-likeness (QED) is 0.814. The van der Waals surface area contributed by atoms with E-state index in [2.05, 4.69) is 0 Å². The van der Waals surface area contributed by atoms with Crippen LogP contribution in [-0.2, 0) is 9.59 Å². The van der Waals surface area contributed by atoms with Crippen molar-refractivity contribution in [2.75, 3.05) is 11.4 Å². The van der Waals surface area contributed by atoms with E-state index in [1.165, 1.54) is 0 Å². The summed E-state index contributed by atoms with van der Waals surface area (Å²) in [6.07, 6.45) is 0.197. The van der Waals surface area contributed by atoms with Crippen LogP contribution in [0.4, 0.5) is 5.69 Å². The van der Waals surface area contributed by atoms with Gasteiger partial charge in [0.15, 0.2) is 0 Å². The number of anilines is 1. The summed E-state index contributed by atoms with van der Waals surface area (Å²) in [6.45, 7) is 0.367. The van der Waals surface area contributed by atoms with E-state index >= 15 is 0 Å². The minimum absolute atomic E-state index is 0.0542. The second-order valence-electron chi connectivity index (χ2n) is 5.12. The Hall–Kier alpha value is -2.13. The van der Waals surface area contributed by atoms with Crippen LogP contribution < -0.4 is 4.90 Å². The van der Waals surface area contributed by atoms with Gasteiger partial charge in [-0.1, -0.05) is 42.5 Å². The van der Waals surface area contributed by atoms with E-state index in [1.807, 2.05) is 54.6 Å². The van der Waals surface area contributed by atoms with E-state index in [0.717, 1.165) is 16.8 Å². The number of hydrogen-bond acceptors (Lipinski definition) is 2. The SMILES string of the molecule is O=C(Cl)C1CC(=O)N(c2ccc(-c3ccccc3)cc2)C1. The van der Waals surface area contributed by atoms with Gasteiger partial charge in [-0.25, -0.2) is 0 Å². The van der Waals surface area contributed by atoms with Gasteiger partial charge in [0.05, 0.1) is 5.92 Å². The standard InChI is InChI=1S/C17H14ClNO2/c18-17(21)14-10-16(20)19(11-14)15-8-6-13(7-9-15)12-4-2-1-3-5-12/h1-9,14H,10-11H2. The fourth-order valence-corrected chi connectivity index (χ4v) is 2.72. The molecule has 0 aromatic heterocycles. The lowest BCUT2D eigenvalue weighted by Crippen LogP contribution is -2.25. The Bertz CT molecular complexity index is 667. The molecule has 1 saturated heterocycles. The number of nitrogens with zero attached hydrogens (tertiary/aromatic N) is 1. The number of benzene rings is 2. The molecule has 21 heavy (non-hydrogen) atoms. The Morgan fingerprint density at radius 2 is 1.62 bits per heavy atom. The van der Waals surface area contributed by atoms with Crippen LogP contribution in [0, 0.1) is 5.92 Å². The van der Waals surface area contributed by atoms with Gasteiger partial charge >= 0.3 is 0 Å². The lowest BCUT2D eigenvalue weighted by molar-refractivity contribution is -0.120. The van der Waals surface area contributed by atoms with Gasteiger partial charge in [-0.05, 0) is 34.9 Å². The van der Waals surface area contributed by atoms with Crippen LogP contribution in [0.25, 0.3) is 11.1 Å². The third-order valence-corrected chi connectivity index (χ3v) is 4.04. The summed E-state index contributed by atoms with van der Waals surface area (Å²) in [6, 6.07) is 17.8. The molecule has 1 unspecified atom stereocenters. The minimum Gasteiger partial charge on any atom is -0.312 e. The summed E-state index contributed by atoms with van der Waals surface area (Å²) < 4.78 is 0. The maximum absolute atomic E-state index is 12.0. The largest absolute Gasteiger partial charge is 0.312 e. The van der Waals surface area contributed by atoms with E-state index in [9.17, 15) is 9.59 Å². The third kappa shape index (κ3) is 2.83. The Labute approximate surface area is 128 Å². The van der Waals surface area contributed by atoms with Crippen LogP contribution >= 0.6 is 11.6 Å². The van der Waals surface area contributed by atoms with Crippen LogP contribution in [0.3, 0.4) is 0 Å². The van der Waals surface area contributed by atoms with Crippen molar-refractivity contribution in [3.8, 4) is 11.1 Å². The average molecular weight is 300 g/mol. The molecule has 1 atom stereocenters. The smallest absolute Gasteiger partial charge is 0.227 e. The molecule has 2 aromatic carbocycles. The van der Waals surface area contributed by atoms with Gasteiger partial charge in [-0.15, -0.1) is 0 Å². The first-order valence-electron chi connectivity index (χ1n) is 6.80.